The molecule has 1 aliphatic rings. The van der Waals surface area contributed by atoms with Crippen molar-refractivity contribution in [2.24, 2.45) is 0 Å². The quantitative estimate of drug-likeness (QED) is 0.239. The first-order valence-electron chi connectivity index (χ1n) is 13.7. The first-order valence-corrected chi connectivity index (χ1v) is 14.7. The van der Waals surface area contributed by atoms with Gasteiger partial charge in [-0.2, -0.15) is 5.10 Å². The van der Waals surface area contributed by atoms with E-state index < -0.39 is 0 Å². The first-order chi connectivity index (χ1) is 19.9. The molecule has 208 valence electrons. The Balaban J connectivity index is 1.29. The van der Waals surface area contributed by atoms with E-state index in [1.54, 1.807) is 28.6 Å². The summed E-state index contributed by atoms with van der Waals surface area (Å²) in [5, 5.41) is 5.68. The van der Waals surface area contributed by atoms with E-state index in [0.717, 1.165) is 33.0 Å². The van der Waals surface area contributed by atoms with Crippen LogP contribution in [0.15, 0.2) is 83.8 Å². The maximum absolute atomic E-state index is 13.7. The summed E-state index contributed by atoms with van der Waals surface area (Å²) in [6.07, 6.45) is 0.575. The number of anilines is 1. The van der Waals surface area contributed by atoms with E-state index in [1.807, 2.05) is 42.2 Å². The molecule has 0 N–H and O–H groups in total. The number of aromatic nitrogens is 4. The SMILES string of the molecule is Cc1ccc(Cc2nc(N3CCN(C(=O)CSc4ccccc4)CC3)c3c(C)nn(-c4ccc(F)cc4)c3n2)cc1. The van der Waals surface area contributed by atoms with Crippen molar-refractivity contribution in [2.75, 3.05) is 36.8 Å². The number of hydrogen-bond donors (Lipinski definition) is 0. The Labute approximate surface area is 243 Å². The monoisotopic (exact) mass is 566 g/mol. The molecular formula is C32H31FN6OS. The molecular weight excluding hydrogens is 535 g/mol. The molecule has 1 amide bonds. The molecule has 1 aliphatic heterocycles. The highest BCUT2D eigenvalue weighted by Crippen LogP contribution is 2.30. The van der Waals surface area contributed by atoms with Crippen molar-refractivity contribution in [3.8, 4) is 5.69 Å². The summed E-state index contributed by atoms with van der Waals surface area (Å²) < 4.78 is 15.5. The van der Waals surface area contributed by atoms with Gasteiger partial charge in [0.2, 0.25) is 5.91 Å². The largest absolute Gasteiger partial charge is 0.352 e. The van der Waals surface area contributed by atoms with Crippen molar-refractivity contribution >= 4 is 34.5 Å². The van der Waals surface area contributed by atoms with Crippen molar-refractivity contribution in [1.82, 2.24) is 24.6 Å². The van der Waals surface area contributed by atoms with Gasteiger partial charge in [0.15, 0.2) is 5.65 Å². The lowest BCUT2D eigenvalue weighted by atomic mass is 10.1. The molecule has 0 atom stereocenters. The van der Waals surface area contributed by atoms with Crippen LogP contribution in [0.25, 0.3) is 16.7 Å². The van der Waals surface area contributed by atoms with Gasteiger partial charge in [-0.25, -0.2) is 19.0 Å². The minimum atomic E-state index is -0.299. The van der Waals surface area contributed by atoms with Crippen LogP contribution in [-0.2, 0) is 11.2 Å². The third-order valence-corrected chi connectivity index (χ3v) is 8.32. The van der Waals surface area contributed by atoms with Crippen LogP contribution < -0.4 is 4.90 Å². The predicted octanol–water partition coefficient (Wildman–Crippen LogP) is 5.60. The number of halogens is 1. The van der Waals surface area contributed by atoms with Gasteiger partial charge in [0.05, 0.1) is 22.5 Å². The van der Waals surface area contributed by atoms with Crippen LogP contribution >= 0.6 is 11.8 Å². The van der Waals surface area contributed by atoms with Crippen molar-refractivity contribution < 1.29 is 9.18 Å². The number of nitrogens with zero attached hydrogens (tertiary/aromatic N) is 6. The van der Waals surface area contributed by atoms with Crippen LogP contribution in [0.5, 0.6) is 0 Å². The molecule has 2 aromatic heterocycles. The number of thioether (sulfide) groups is 1. The minimum absolute atomic E-state index is 0.145. The van der Waals surface area contributed by atoms with Gasteiger partial charge in [0, 0.05) is 37.5 Å². The Hall–Kier alpha value is -4.24. The molecule has 0 spiro atoms. The van der Waals surface area contributed by atoms with Gasteiger partial charge < -0.3 is 9.80 Å². The molecule has 3 heterocycles. The number of rotatable bonds is 7. The summed E-state index contributed by atoms with van der Waals surface area (Å²) in [6, 6.07) is 24.7. The van der Waals surface area contributed by atoms with Crippen LogP contribution in [0.3, 0.4) is 0 Å². The second kappa shape index (κ2) is 11.7. The molecule has 0 aliphatic carbocycles. The maximum atomic E-state index is 13.7. The minimum Gasteiger partial charge on any atom is -0.352 e. The van der Waals surface area contributed by atoms with Crippen molar-refractivity contribution in [2.45, 2.75) is 25.2 Å². The Morgan fingerprint density at radius 3 is 2.29 bits per heavy atom. The molecule has 0 saturated carbocycles. The zero-order valence-corrected chi connectivity index (χ0v) is 23.9. The molecule has 41 heavy (non-hydrogen) atoms. The molecule has 6 rings (SSSR count). The lowest BCUT2D eigenvalue weighted by molar-refractivity contribution is -0.128. The highest BCUT2D eigenvalue weighted by molar-refractivity contribution is 8.00. The zero-order valence-electron chi connectivity index (χ0n) is 23.1. The van der Waals surface area contributed by atoms with E-state index in [1.165, 1.54) is 17.7 Å². The predicted molar refractivity (Wildman–Crippen MR) is 161 cm³/mol. The van der Waals surface area contributed by atoms with Gasteiger partial charge >= 0.3 is 0 Å². The van der Waals surface area contributed by atoms with Gasteiger partial charge in [-0.05, 0) is 55.8 Å². The fourth-order valence-electron chi connectivity index (χ4n) is 5.08. The number of aryl methyl sites for hydroxylation is 2. The molecule has 5 aromatic rings. The Morgan fingerprint density at radius 1 is 0.878 bits per heavy atom. The van der Waals surface area contributed by atoms with E-state index in [4.69, 9.17) is 15.1 Å². The molecule has 0 bridgehead atoms. The Kier molecular flexibility index (Phi) is 7.69. The number of fused-ring (bicyclic) bond motifs is 1. The average molecular weight is 567 g/mol. The molecule has 1 fully saturated rings. The first kappa shape index (κ1) is 27.0. The number of benzene rings is 3. The highest BCUT2D eigenvalue weighted by atomic mass is 32.2. The summed E-state index contributed by atoms with van der Waals surface area (Å²) in [5.74, 6) is 1.79. The number of piperazine rings is 1. The number of hydrogen-bond acceptors (Lipinski definition) is 6. The summed E-state index contributed by atoms with van der Waals surface area (Å²) in [4.78, 5) is 28.3. The van der Waals surface area contributed by atoms with Gasteiger partial charge in [0.1, 0.15) is 17.5 Å². The lowest BCUT2D eigenvalue weighted by Crippen LogP contribution is -2.49. The normalized spacial score (nSPS) is 13.6. The molecule has 0 unspecified atom stereocenters. The fraction of sp³-hybridized carbons (Fsp3) is 0.250. The average Bonchev–Trinajstić information content (AvgIpc) is 3.33. The number of carbonyl (C=O) groups excluding carboxylic acids is 1. The van der Waals surface area contributed by atoms with Crippen LogP contribution in [0.2, 0.25) is 0 Å². The topological polar surface area (TPSA) is 67.2 Å². The fourth-order valence-corrected chi connectivity index (χ4v) is 5.91. The van der Waals surface area contributed by atoms with Crippen molar-refractivity contribution in [1.29, 1.82) is 0 Å². The standard InChI is InChI=1S/C32H31FN6OS/c1-22-8-10-24(11-9-22)20-28-34-31(30-23(2)36-39(32(30)35-28)26-14-12-25(33)13-15-26)38-18-16-37(17-19-38)29(40)21-41-27-6-4-3-5-7-27/h3-15H,16-21H2,1-2H3. The summed E-state index contributed by atoms with van der Waals surface area (Å²) in [6.45, 7) is 6.60. The second-order valence-corrected chi connectivity index (χ2v) is 11.3. The van der Waals surface area contributed by atoms with E-state index in [9.17, 15) is 9.18 Å². The van der Waals surface area contributed by atoms with Crippen LogP contribution in [0, 0.1) is 19.7 Å². The lowest BCUT2D eigenvalue weighted by Gasteiger charge is -2.35. The second-order valence-electron chi connectivity index (χ2n) is 10.3. The van der Waals surface area contributed by atoms with Gasteiger partial charge in [0.25, 0.3) is 0 Å². The van der Waals surface area contributed by atoms with Crippen LogP contribution in [-0.4, -0.2) is 62.5 Å². The van der Waals surface area contributed by atoms with Gasteiger partial charge in [-0.3, -0.25) is 4.79 Å². The third kappa shape index (κ3) is 5.95. The van der Waals surface area contributed by atoms with Crippen molar-refractivity contribution in [3.63, 3.8) is 0 Å². The highest BCUT2D eigenvalue weighted by Gasteiger charge is 2.26. The van der Waals surface area contributed by atoms with E-state index in [-0.39, 0.29) is 11.7 Å². The number of carbonyl (C=O) groups is 1. The van der Waals surface area contributed by atoms with E-state index in [0.29, 0.717) is 49.8 Å². The van der Waals surface area contributed by atoms with Crippen molar-refractivity contribution in [3.05, 3.63) is 107 Å². The van der Waals surface area contributed by atoms with E-state index >= 15 is 0 Å². The maximum Gasteiger partial charge on any atom is 0.233 e. The van der Waals surface area contributed by atoms with Gasteiger partial charge in [-0.1, -0.05) is 48.0 Å². The third-order valence-electron chi connectivity index (χ3n) is 7.32. The van der Waals surface area contributed by atoms with Crippen LogP contribution in [0.1, 0.15) is 22.6 Å². The summed E-state index contributed by atoms with van der Waals surface area (Å²) in [7, 11) is 0. The molecule has 3 aromatic carbocycles. The van der Waals surface area contributed by atoms with E-state index in [2.05, 4.69) is 36.1 Å². The molecule has 1 saturated heterocycles. The summed E-state index contributed by atoms with van der Waals surface area (Å²) >= 11 is 1.57. The molecule has 7 nitrogen and oxygen atoms in total. The molecule has 9 heteroatoms. The smallest absolute Gasteiger partial charge is 0.233 e. The zero-order chi connectivity index (χ0) is 28.3. The Bertz CT molecular complexity index is 1660. The Morgan fingerprint density at radius 2 is 1.59 bits per heavy atom. The number of amides is 1. The van der Waals surface area contributed by atoms with Gasteiger partial charge in [-0.15, -0.1) is 11.8 Å². The molecule has 0 radical (unpaired) electrons. The van der Waals surface area contributed by atoms with Crippen LogP contribution in [0.4, 0.5) is 10.2 Å². The summed E-state index contributed by atoms with van der Waals surface area (Å²) in [5.41, 5.74) is 4.56.